The van der Waals surface area contributed by atoms with Gasteiger partial charge in [0.15, 0.2) is 21.1 Å². The van der Waals surface area contributed by atoms with Gasteiger partial charge in [0.2, 0.25) is 5.91 Å². The van der Waals surface area contributed by atoms with Gasteiger partial charge in [-0.2, -0.15) is 0 Å². The lowest BCUT2D eigenvalue weighted by molar-refractivity contribution is -0.113. The van der Waals surface area contributed by atoms with Crippen LogP contribution in [0.3, 0.4) is 0 Å². The molecule has 0 fully saturated rings. The van der Waals surface area contributed by atoms with Crippen LogP contribution in [0.1, 0.15) is 23.3 Å². The van der Waals surface area contributed by atoms with Gasteiger partial charge in [0.05, 0.1) is 16.0 Å². The molecular formula is C17H16N6OS4. The lowest BCUT2D eigenvalue weighted by Gasteiger charge is -2.10. The normalized spacial score (nSPS) is 13.9. The number of hydrogen-bond acceptors (Lipinski definition) is 9. The number of thiophene rings is 1. The van der Waals surface area contributed by atoms with E-state index in [0.29, 0.717) is 10.3 Å². The Morgan fingerprint density at radius 2 is 2.18 bits per heavy atom. The van der Waals surface area contributed by atoms with E-state index in [4.69, 9.17) is 4.98 Å². The van der Waals surface area contributed by atoms with E-state index < -0.39 is 0 Å². The SMILES string of the molecule is CSc1nc2c3c(sc2c2nnc(SCC(=O)Nc4nccs4)n12)CCCC3. The third kappa shape index (κ3) is 3.19. The molecule has 0 unspecified atom stereocenters. The number of carbonyl (C=O) groups is 1. The fourth-order valence-electron chi connectivity index (χ4n) is 3.36. The number of anilines is 1. The second-order valence-electron chi connectivity index (χ2n) is 6.30. The van der Waals surface area contributed by atoms with Crippen LogP contribution in [-0.2, 0) is 17.6 Å². The fourth-order valence-corrected chi connectivity index (χ4v) is 6.53. The Morgan fingerprint density at radius 3 is 3.00 bits per heavy atom. The van der Waals surface area contributed by atoms with Gasteiger partial charge in [0.25, 0.3) is 0 Å². The Bertz CT molecular complexity index is 1170. The zero-order valence-corrected chi connectivity index (χ0v) is 18.2. The molecule has 1 aliphatic carbocycles. The van der Waals surface area contributed by atoms with Crippen LogP contribution < -0.4 is 5.32 Å². The summed E-state index contributed by atoms with van der Waals surface area (Å²) in [4.78, 5) is 22.7. The van der Waals surface area contributed by atoms with E-state index in [2.05, 4.69) is 20.5 Å². The number of carbonyl (C=O) groups excluding carboxylic acids is 1. The molecule has 0 radical (unpaired) electrons. The number of amides is 1. The predicted octanol–water partition coefficient (Wildman–Crippen LogP) is 4.13. The number of aromatic nitrogens is 5. The molecule has 1 aliphatic rings. The number of nitrogens with one attached hydrogen (secondary N) is 1. The molecule has 0 aliphatic heterocycles. The van der Waals surface area contributed by atoms with Crippen molar-refractivity contribution in [3.05, 3.63) is 22.0 Å². The molecule has 0 atom stereocenters. The van der Waals surface area contributed by atoms with Crippen molar-refractivity contribution in [1.82, 2.24) is 24.6 Å². The number of thioether (sulfide) groups is 2. The van der Waals surface area contributed by atoms with Gasteiger partial charge in [0, 0.05) is 16.5 Å². The van der Waals surface area contributed by atoms with E-state index in [1.54, 1.807) is 29.3 Å². The van der Waals surface area contributed by atoms with E-state index in [0.717, 1.165) is 33.9 Å². The van der Waals surface area contributed by atoms with Crippen molar-refractivity contribution >= 4 is 73.1 Å². The van der Waals surface area contributed by atoms with Crippen molar-refractivity contribution in [1.29, 1.82) is 0 Å². The van der Waals surface area contributed by atoms with Crippen molar-refractivity contribution in [2.45, 2.75) is 36.0 Å². The van der Waals surface area contributed by atoms with Crippen molar-refractivity contribution in [2.75, 3.05) is 17.3 Å². The molecule has 1 N–H and O–H groups in total. The number of fused-ring (bicyclic) bond motifs is 5. The van der Waals surface area contributed by atoms with Gasteiger partial charge in [-0.05, 0) is 37.5 Å². The molecule has 4 heterocycles. The van der Waals surface area contributed by atoms with Crippen LogP contribution in [-0.4, -0.2) is 42.5 Å². The van der Waals surface area contributed by atoms with Crippen molar-refractivity contribution in [2.24, 2.45) is 0 Å². The molecule has 0 bridgehead atoms. The highest BCUT2D eigenvalue weighted by atomic mass is 32.2. The van der Waals surface area contributed by atoms with Crippen molar-refractivity contribution in [3.8, 4) is 0 Å². The first kappa shape index (κ1) is 18.3. The predicted molar refractivity (Wildman–Crippen MR) is 116 cm³/mol. The summed E-state index contributed by atoms with van der Waals surface area (Å²) in [6.07, 6.45) is 8.37. The third-order valence-corrected chi connectivity index (χ3v) is 8.11. The zero-order chi connectivity index (χ0) is 19.1. The van der Waals surface area contributed by atoms with Crippen LogP contribution in [0.15, 0.2) is 21.9 Å². The highest BCUT2D eigenvalue weighted by Crippen LogP contribution is 2.39. The Morgan fingerprint density at radius 1 is 1.29 bits per heavy atom. The summed E-state index contributed by atoms with van der Waals surface area (Å²) in [6, 6.07) is 0. The maximum absolute atomic E-state index is 12.2. The standard InChI is InChI=1S/C17H16N6OS4/c1-25-16-20-12-9-4-2-3-5-10(9)28-13(12)14-21-22-17(23(14)16)27-8-11(24)19-15-18-6-7-26-15/h6-7H,2-5,8H2,1H3,(H,18,19,24). The molecule has 144 valence electrons. The molecule has 0 saturated heterocycles. The van der Waals surface area contributed by atoms with Gasteiger partial charge in [-0.3, -0.25) is 4.79 Å². The lowest BCUT2D eigenvalue weighted by atomic mass is 9.98. The second kappa shape index (κ2) is 7.62. The van der Waals surface area contributed by atoms with Gasteiger partial charge in [-0.25, -0.2) is 14.4 Å². The molecule has 7 nitrogen and oxygen atoms in total. The molecule has 5 rings (SSSR count). The minimum atomic E-state index is -0.108. The van der Waals surface area contributed by atoms with E-state index >= 15 is 0 Å². The maximum Gasteiger partial charge on any atom is 0.236 e. The monoisotopic (exact) mass is 448 g/mol. The van der Waals surface area contributed by atoms with Gasteiger partial charge < -0.3 is 5.32 Å². The highest BCUT2D eigenvalue weighted by Gasteiger charge is 2.23. The van der Waals surface area contributed by atoms with Crippen LogP contribution in [0.2, 0.25) is 0 Å². The largest absolute Gasteiger partial charge is 0.301 e. The molecule has 4 aromatic heterocycles. The van der Waals surface area contributed by atoms with Crippen molar-refractivity contribution in [3.63, 3.8) is 0 Å². The van der Waals surface area contributed by atoms with Gasteiger partial charge in [-0.15, -0.1) is 32.9 Å². The molecule has 0 spiro atoms. The Kier molecular flexibility index (Phi) is 4.99. The first-order valence-electron chi connectivity index (χ1n) is 8.80. The van der Waals surface area contributed by atoms with Gasteiger partial charge in [0.1, 0.15) is 0 Å². The van der Waals surface area contributed by atoms with E-state index in [1.807, 2.05) is 16.0 Å². The van der Waals surface area contributed by atoms with Crippen LogP contribution in [0.25, 0.3) is 15.9 Å². The maximum atomic E-state index is 12.2. The minimum Gasteiger partial charge on any atom is -0.301 e. The average molecular weight is 449 g/mol. The highest BCUT2D eigenvalue weighted by molar-refractivity contribution is 8.00. The van der Waals surface area contributed by atoms with Crippen LogP contribution >= 0.6 is 46.2 Å². The van der Waals surface area contributed by atoms with Crippen LogP contribution in [0.5, 0.6) is 0 Å². The van der Waals surface area contributed by atoms with E-state index in [1.165, 1.54) is 46.4 Å². The molecular weight excluding hydrogens is 432 g/mol. The molecule has 1 amide bonds. The number of aryl methyl sites for hydroxylation is 2. The summed E-state index contributed by atoms with van der Waals surface area (Å²) in [5.74, 6) is 0.135. The van der Waals surface area contributed by atoms with E-state index in [9.17, 15) is 4.79 Å². The van der Waals surface area contributed by atoms with Gasteiger partial charge >= 0.3 is 0 Å². The van der Waals surface area contributed by atoms with Crippen LogP contribution in [0.4, 0.5) is 5.13 Å². The van der Waals surface area contributed by atoms with Crippen molar-refractivity contribution < 1.29 is 4.79 Å². The number of nitrogens with zero attached hydrogens (tertiary/aromatic N) is 5. The fraction of sp³-hybridized carbons (Fsp3) is 0.353. The quantitative estimate of drug-likeness (QED) is 0.363. The third-order valence-electron chi connectivity index (χ3n) is 4.57. The number of hydrogen-bond donors (Lipinski definition) is 1. The van der Waals surface area contributed by atoms with Gasteiger partial charge in [-0.1, -0.05) is 23.5 Å². The smallest absolute Gasteiger partial charge is 0.236 e. The summed E-state index contributed by atoms with van der Waals surface area (Å²) in [5, 5.41) is 15.6. The summed E-state index contributed by atoms with van der Waals surface area (Å²) in [6.45, 7) is 0. The Hall–Kier alpha value is -1.69. The summed E-state index contributed by atoms with van der Waals surface area (Å²) < 4.78 is 3.09. The zero-order valence-electron chi connectivity index (χ0n) is 15.0. The summed E-state index contributed by atoms with van der Waals surface area (Å²) in [7, 11) is 0. The molecule has 28 heavy (non-hydrogen) atoms. The first-order valence-corrected chi connectivity index (χ1v) is 12.7. The molecule has 0 saturated carbocycles. The number of thiazole rings is 1. The second-order valence-corrected chi connectivity index (χ2v) is 10.0. The molecule has 4 aromatic rings. The average Bonchev–Trinajstić information content (AvgIpc) is 3.44. The Labute approximate surface area is 177 Å². The lowest BCUT2D eigenvalue weighted by Crippen LogP contribution is -2.14. The molecule has 11 heteroatoms. The van der Waals surface area contributed by atoms with E-state index in [-0.39, 0.29) is 11.7 Å². The summed E-state index contributed by atoms with van der Waals surface area (Å²) in [5.41, 5.74) is 3.32. The minimum absolute atomic E-state index is 0.108. The first-order chi connectivity index (χ1) is 13.7. The topological polar surface area (TPSA) is 85.1 Å². The number of rotatable bonds is 5. The summed E-state index contributed by atoms with van der Waals surface area (Å²) >= 11 is 6.14. The van der Waals surface area contributed by atoms with Crippen LogP contribution in [0, 0.1) is 0 Å². The molecule has 0 aromatic carbocycles. The Balaban J connectivity index is 1.49.